The first-order valence-corrected chi connectivity index (χ1v) is 8.75. The van der Waals surface area contributed by atoms with E-state index in [1.165, 1.54) is 0 Å². The summed E-state index contributed by atoms with van der Waals surface area (Å²) in [6.07, 6.45) is 0. The van der Waals surface area contributed by atoms with Crippen molar-refractivity contribution in [3.8, 4) is 33.4 Å². The lowest BCUT2D eigenvalue weighted by Crippen LogP contribution is -1.86. The van der Waals surface area contributed by atoms with Crippen molar-refractivity contribution in [1.82, 2.24) is 0 Å². The van der Waals surface area contributed by atoms with E-state index < -0.39 is 0 Å². The fourth-order valence-corrected chi connectivity index (χ4v) is 3.23. The molecule has 4 aromatic carbocycles. The van der Waals surface area contributed by atoms with Crippen molar-refractivity contribution >= 4 is 5.69 Å². The van der Waals surface area contributed by atoms with E-state index in [1.807, 2.05) is 60.7 Å². The van der Waals surface area contributed by atoms with Crippen LogP contribution >= 0.6 is 0 Å². The summed E-state index contributed by atoms with van der Waals surface area (Å²) in [4.78, 5) is 2.98. The predicted molar refractivity (Wildman–Crippen MR) is 112 cm³/mol. The van der Waals surface area contributed by atoms with Crippen molar-refractivity contribution in [3.63, 3.8) is 0 Å². The van der Waals surface area contributed by atoms with E-state index in [9.17, 15) is 0 Å². The molecule has 0 amide bonds. The lowest BCUT2D eigenvalue weighted by Gasteiger charge is -2.12. The molecule has 0 radical (unpaired) electrons. The van der Waals surface area contributed by atoms with Gasteiger partial charge in [-0.05, 0) is 57.1 Å². The smallest absolute Gasteiger partial charge is 0.0453 e. The zero-order valence-corrected chi connectivity index (χ0v) is 14.7. The molecule has 0 heterocycles. The second-order valence-electron chi connectivity index (χ2n) is 6.24. The Morgan fingerprint density at radius 3 is 1.56 bits per heavy atom. The van der Waals surface area contributed by atoms with E-state index in [4.69, 9.17) is 5.53 Å². The Bertz CT molecular complexity index is 1050. The van der Waals surface area contributed by atoms with Gasteiger partial charge in [0.2, 0.25) is 0 Å². The average molecular weight is 347 g/mol. The van der Waals surface area contributed by atoms with Gasteiger partial charge in [0.1, 0.15) is 0 Å². The van der Waals surface area contributed by atoms with Crippen LogP contribution in [0.25, 0.3) is 43.8 Å². The second-order valence-corrected chi connectivity index (χ2v) is 6.24. The summed E-state index contributed by atoms with van der Waals surface area (Å²) in [7, 11) is 0. The Kier molecular flexibility index (Phi) is 4.69. The molecule has 0 aromatic heterocycles. The Labute approximate surface area is 158 Å². The fourth-order valence-electron chi connectivity index (χ4n) is 3.23. The number of hydrogen-bond donors (Lipinski definition) is 0. The molecule has 4 aromatic rings. The van der Waals surface area contributed by atoms with Crippen LogP contribution in [0.3, 0.4) is 0 Å². The predicted octanol–water partition coefficient (Wildman–Crippen LogP) is 7.63. The Hall–Kier alpha value is -3.81. The minimum Gasteiger partial charge on any atom is -0.0622 e. The van der Waals surface area contributed by atoms with Gasteiger partial charge in [-0.1, -0.05) is 90.0 Å². The Balaban J connectivity index is 1.96. The summed E-state index contributed by atoms with van der Waals surface area (Å²) in [6.45, 7) is 0. The highest BCUT2D eigenvalue weighted by Crippen LogP contribution is 2.36. The summed E-state index contributed by atoms with van der Waals surface area (Å²) >= 11 is 0. The van der Waals surface area contributed by atoms with Crippen LogP contribution in [-0.2, 0) is 0 Å². The molecular weight excluding hydrogens is 330 g/mol. The molecule has 0 spiro atoms. The minimum absolute atomic E-state index is 0.629. The first-order chi connectivity index (χ1) is 13.3. The van der Waals surface area contributed by atoms with Crippen LogP contribution in [0.1, 0.15) is 0 Å². The molecule has 0 aliphatic rings. The summed E-state index contributed by atoms with van der Waals surface area (Å²) in [6, 6.07) is 34.8. The van der Waals surface area contributed by atoms with Gasteiger partial charge in [-0.3, -0.25) is 0 Å². The molecule has 3 nitrogen and oxygen atoms in total. The van der Waals surface area contributed by atoms with Crippen molar-refractivity contribution in [2.45, 2.75) is 0 Å². The molecule has 0 aliphatic carbocycles. The van der Waals surface area contributed by atoms with Crippen LogP contribution in [0.2, 0.25) is 0 Å². The molecule has 0 aliphatic heterocycles. The lowest BCUT2D eigenvalue weighted by molar-refractivity contribution is 1.46. The molecule has 0 N–H and O–H groups in total. The third kappa shape index (κ3) is 3.59. The number of hydrogen-bond acceptors (Lipinski definition) is 1. The van der Waals surface area contributed by atoms with Gasteiger partial charge in [-0.15, -0.1) is 0 Å². The molecule has 0 atom stereocenters. The third-order valence-corrected chi connectivity index (χ3v) is 4.51. The SMILES string of the molecule is [N-]=[N+]=Nc1ccccc1-c1cc(-c2ccccc2)cc(-c2ccccc2)c1. The van der Waals surface area contributed by atoms with E-state index in [-0.39, 0.29) is 0 Å². The molecule has 0 saturated carbocycles. The minimum atomic E-state index is 0.629. The maximum absolute atomic E-state index is 8.91. The van der Waals surface area contributed by atoms with Gasteiger partial charge in [0.25, 0.3) is 0 Å². The van der Waals surface area contributed by atoms with Crippen LogP contribution < -0.4 is 0 Å². The number of nitrogens with zero attached hydrogens (tertiary/aromatic N) is 3. The highest BCUT2D eigenvalue weighted by Gasteiger charge is 2.09. The van der Waals surface area contributed by atoms with Gasteiger partial charge in [-0.2, -0.15) is 0 Å². The van der Waals surface area contributed by atoms with Crippen molar-refractivity contribution in [3.05, 3.63) is 114 Å². The van der Waals surface area contributed by atoms with E-state index in [0.29, 0.717) is 5.69 Å². The molecule has 0 saturated heterocycles. The standard InChI is InChI=1S/C24H17N3/c25-27-26-24-14-8-7-13-23(24)22-16-20(18-9-3-1-4-10-18)15-21(17-22)19-11-5-2-6-12-19/h1-17H. The van der Waals surface area contributed by atoms with Crippen LogP contribution in [0.5, 0.6) is 0 Å². The van der Waals surface area contributed by atoms with E-state index in [2.05, 4.69) is 52.5 Å². The highest BCUT2D eigenvalue weighted by molar-refractivity contribution is 5.84. The van der Waals surface area contributed by atoms with Gasteiger partial charge >= 0.3 is 0 Å². The number of rotatable bonds is 4. The lowest BCUT2D eigenvalue weighted by atomic mass is 9.93. The number of azide groups is 1. The second kappa shape index (κ2) is 7.61. The summed E-state index contributed by atoms with van der Waals surface area (Å²) in [5.41, 5.74) is 16.0. The van der Waals surface area contributed by atoms with E-state index >= 15 is 0 Å². The highest BCUT2D eigenvalue weighted by atomic mass is 15.1. The largest absolute Gasteiger partial charge is 0.0622 e. The molecule has 3 heteroatoms. The van der Waals surface area contributed by atoms with E-state index in [0.717, 1.165) is 33.4 Å². The first-order valence-electron chi connectivity index (χ1n) is 8.75. The third-order valence-electron chi connectivity index (χ3n) is 4.51. The van der Waals surface area contributed by atoms with Crippen molar-refractivity contribution in [1.29, 1.82) is 0 Å². The van der Waals surface area contributed by atoms with Crippen LogP contribution in [-0.4, -0.2) is 0 Å². The Morgan fingerprint density at radius 2 is 1.00 bits per heavy atom. The van der Waals surface area contributed by atoms with Crippen LogP contribution in [0.4, 0.5) is 5.69 Å². The van der Waals surface area contributed by atoms with Crippen LogP contribution in [0, 0.1) is 0 Å². The Morgan fingerprint density at radius 1 is 0.519 bits per heavy atom. The topological polar surface area (TPSA) is 48.8 Å². The maximum atomic E-state index is 8.91. The van der Waals surface area contributed by atoms with E-state index in [1.54, 1.807) is 0 Å². The molecule has 128 valence electrons. The quantitative estimate of drug-likeness (QED) is 0.207. The van der Waals surface area contributed by atoms with Crippen molar-refractivity contribution in [2.24, 2.45) is 5.11 Å². The summed E-state index contributed by atoms with van der Waals surface area (Å²) in [5.74, 6) is 0. The van der Waals surface area contributed by atoms with Crippen molar-refractivity contribution in [2.75, 3.05) is 0 Å². The van der Waals surface area contributed by atoms with Gasteiger partial charge in [0.05, 0.1) is 0 Å². The van der Waals surface area contributed by atoms with Gasteiger partial charge in [0, 0.05) is 10.6 Å². The molecule has 27 heavy (non-hydrogen) atoms. The number of benzene rings is 4. The maximum Gasteiger partial charge on any atom is 0.0453 e. The van der Waals surface area contributed by atoms with Gasteiger partial charge in [-0.25, -0.2) is 0 Å². The summed E-state index contributed by atoms with van der Waals surface area (Å²) < 4.78 is 0. The van der Waals surface area contributed by atoms with Crippen LogP contribution in [0.15, 0.2) is 108 Å². The molecule has 0 bridgehead atoms. The zero-order chi connectivity index (χ0) is 18.5. The van der Waals surface area contributed by atoms with Crippen molar-refractivity contribution < 1.29 is 0 Å². The van der Waals surface area contributed by atoms with Gasteiger partial charge < -0.3 is 0 Å². The molecule has 0 fully saturated rings. The average Bonchev–Trinajstić information content (AvgIpc) is 2.75. The monoisotopic (exact) mass is 347 g/mol. The summed E-state index contributed by atoms with van der Waals surface area (Å²) in [5, 5.41) is 3.87. The molecule has 4 rings (SSSR count). The molecular formula is C24H17N3. The fraction of sp³-hybridized carbons (Fsp3) is 0. The molecule has 0 unspecified atom stereocenters. The van der Waals surface area contributed by atoms with Gasteiger partial charge in [0.15, 0.2) is 0 Å². The zero-order valence-electron chi connectivity index (χ0n) is 14.7. The first kappa shape index (κ1) is 16.6. The normalized spacial score (nSPS) is 10.2.